The lowest BCUT2D eigenvalue weighted by molar-refractivity contribution is 0.482. The fourth-order valence-electron chi connectivity index (χ4n) is 3.00. The van der Waals surface area contributed by atoms with Crippen LogP contribution in [0.15, 0.2) is 108 Å². The Kier molecular flexibility index (Phi) is 5.36. The SMILES string of the molecule is Brc1ccc(Oc2ccc(-c3ccc(Cc4ccccc4)cc3)cc2)cc1. The second-order valence-electron chi connectivity index (χ2n) is 6.44. The highest BCUT2D eigenvalue weighted by Gasteiger charge is 2.02. The molecule has 0 fully saturated rings. The van der Waals surface area contributed by atoms with Crippen LogP contribution in [-0.4, -0.2) is 0 Å². The van der Waals surface area contributed by atoms with E-state index >= 15 is 0 Å². The van der Waals surface area contributed by atoms with Crippen molar-refractivity contribution in [1.82, 2.24) is 0 Å². The number of hydrogen-bond donors (Lipinski definition) is 0. The van der Waals surface area contributed by atoms with E-state index in [0.29, 0.717) is 0 Å². The van der Waals surface area contributed by atoms with E-state index < -0.39 is 0 Å². The Labute approximate surface area is 168 Å². The zero-order valence-electron chi connectivity index (χ0n) is 14.8. The minimum atomic E-state index is 0.830. The van der Waals surface area contributed by atoms with E-state index in [0.717, 1.165) is 22.4 Å². The zero-order chi connectivity index (χ0) is 18.5. The fraction of sp³-hybridized carbons (Fsp3) is 0.0400. The molecule has 0 aliphatic heterocycles. The van der Waals surface area contributed by atoms with Crippen LogP contribution in [0.4, 0.5) is 0 Å². The average molecular weight is 415 g/mol. The minimum Gasteiger partial charge on any atom is -0.457 e. The molecule has 27 heavy (non-hydrogen) atoms. The first-order valence-corrected chi connectivity index (χ1v) is 9.72. The van der Waals surface area contributed by atoms with Gasteiger partial charge in [-0.2, -0.15) is 0 Å². The van der Waals surface area contributed by atoms with Crippen molar-refractivity contribution in [2.45, 2.75) is 6.42 Å². The van der Waals surface area contributed by atoms with E-state index in [4.69, 9.17) is 4.74 Å². The molecule has 0 N–H and O–H groups in total. The third kappa shape index (κ3) is 4.66. The van der Waals surface area contributed by atoms with Gasteiger partial charge in [0.05, 0.1) is 0 Å². The quantitative estimate of drug-likeness (QED) is 0.328. The third-order valence-corrected chi connectivity index (χ3v) is 4.97. The van der Waals surface area contributed by atoms with Crippen LogP contribution in [0.1, 0.15) is 11.1 Å². The molecule has 0 amide bonds. The molecule has 0 bridgehead atoms. The molecule has 4 aromatic rings. The highest BCUT2D eigenvalue weighted by atomic mass is 79.9. The van der Waals surface area contributed by atoms with Crippen molar-refractivity contribution in [2.75, 3.05) is 0 Å². The Morgan fingerprint density at radius 1 is 0.519 bits per heavy atom. The molecular formula is C25H19BrO. The molecule has 4 aromatic carbocycles. The van der Waals surface area contributed by atoms with E-state index in [1.54, 1.807) is 0 Å². The summed E-state index contributed by atoms with van der Waals surface area (Å²) < 4.78 is 6.93. The van der Waals surface area contributed by atoms with Gasteiger partial charge in [-0.3, -0.25) is 0 Å². The molecule has 0 heterocycles. The van der Waals surface area contributed by atoms with Crippen molar-refractivity contribution in [3.8, 4) is 22.6 Å². The first kappa shape index (κ1) is 17.6. The second-order valence-corrected chi connectivity index (χ2v) is 7.36. The monoisotopic (exact) mass is 414 g/mol. The maximum atomic E-state index is 5.89. The van der Waals surface area contributed by atoms with Crippen LogP contribution in [0, 0.1) is 0 Å². The Morgan fingerprint density at radius 3 is 1.59 bits per heavy atom. The van der Waals surface area contributed by atoms with Crippen molar-refractivity contribution in [2.24, 2.45) is 0 Å². The predicted molar refractivity (Wildman–Crippen MR) is 115 cm³/mol. The van der Waals surface area contributed by atoms with Gasteiger partial charge in [0, 0.05) is 4.47 Å². The summed E-state index contributed by atoms with van der Waals surface area (Å²) in [4.78, 5) is 0. The number of hydrogen-bond acceptors (Lipinski definition) is 1. The molecule has 4 rings (SSSR count). The van der Waals surface area contributed by atoms with Gasteiger partial charge in [0.15, 0.2) is 0 Å². The summed E-state index contributed by atoms with van der Waals surface area (Å²) in [5.41, 5.74) is 5.05. The highest BCUT2D eigenvalue weighted by Crippen LogP contribution is 2.27. The van der Waals surface area contributed by atoms with Gasteiger partial charge >= 0.3 is 0 Å². The molecule has 2 heteroatoms. The first-order chi connectivity index (χ1) is 13.3. The molecule has 0 radical (unpaired) electrons. The maximum Gasteiger partial charge on any atom is 0.127 e. The van der Waals surface area contributed by atoms with Gasteiger partial charge in [-0.25, -0.2) is 0 Å². The summed E-state index contributed by atoms with van der Waals surface area (Å²) >= 11 is 3.43. The molecule has 132 valence electrons. The highest BCUT2D eigenvalue weighted by molar-refractivity contribution is 9.10. The molecule has 0 unspecified atom stereocenters. The lowest BCUT2D eigenvalue weighted by atomic mass is 10.0. The summed E-state index contributed by atoms with van der Waals surface area (Å²) in [6.45, 7) is 0. The largest absolute Gasteiger partial charge is 0.457 e. The lowest BCUT2D eigenvalue weighted by Crippen LogP contribution is -1.88. The van der Waals surface area contributed by atoms with E-state index in [2.05, 4.69) is 82.7 Å². The molecule has 0 saturated carbocycles. The van der Waals surface area contributed by atoms with Gasteiger partial charge in [0.25, 0.3) is 0 Å². The third-order valence-electron chi connectivity index (χ3n) is 4.44. The second kappa shape index (κ2) is 8.24. The first-order valence-electron chi connectivity index (χ1n) is 8.93. The lowest BCUT2D eigenvalue weighted by Gasteiger charge is -2.08. The number of benzene rings is 4. The van der Waals surface area contributed by atoms with Gasteiger partial charge in [0.2, 0.25) is 0 Å². The van der Waals surface area contributed by atoms with Crippen molar-refractivity contribution in [1.29, 1.82) is 0 Å². The van der Waals surface area contributed by atoms with E-state index in [1.807, 2.05) is 36.4 Å². The number of ether oxygens (including phenoxy) is 1. The van der Waals surface area contributed by atoms with E-state index in [9.17, 15) is 0 Å². The van der Waals surface area contributed by atoms with Crippen molar-refractivity contribution >= 4 is 15.9 Å². The van der Waals surface area contributed by atoms with E-state index in [1.165, 1.54) is 22.3 Å². The summed E-state index contributed by atoms with van der Waals surface area (Å²) in [5.74, 6) is 1.66. The molecule has 1 nitrogen and oxygen atoms in total. The Bertz CT molecular complexity index is 989. The van der Waals surface area contributed by atoms with Gasteiger partial charge in [0.1, 0.15) is 11.5 Å². The van der Waals surface area contributed by atoms with Crippen LogP contribution < -0.4 is 4.74 Å². The van der Waals surface area contributed by atoms with Crippen LogP contribution in [0.5, 0.6) is 11.5 Å². The van der Waals surface area contributed by atoms with Crippen molar-refractivity contribution < 1.29 is 4.74 Å². The minimum absolute atomic E-state index is 0.830. The molecule has 0 aliphatic rings. The van der Waals surface area contributed by atoms with Crippen LogP contribution >= 0.6 is 15.9 Å². The number of halogens is 1. The molecule has 0 aromatic heterocycles. The van der Waals surface area contributed by atoms with Crippen LogP contribution in [0.3, 0.4) is 0 Å². The van der Waals surface area contributed by atoms with Gasteiger partial charge in [-0.05, 0) is 65.1 Å². The summed E-state index contributed by atoms with van der Waals surface area (Å²) in [6.07, 6.45) is 0.959. The maximum absolute atomic E-state index is 5.89. The van der Waals surface area contributed by atoms with E-state index in [-0.39, 0.29) is 0 Å². The summed E-state index contributed by atoms with van der Waals surface area (Å²) in [6, 6.07) is 35.4. The molecule has 0 spiro atoms. The molecule has 0 atom stereocenters. The van der Waals surface area contributed by atoms with Crippen molar-refractivity contribution in [3.63, 3.8) is 0 Å². The average Bonchev–Trinajstić information content (AvgIpc) is 2.72. The summed E-state index contributed by atoms with van der Waals surface area (Å²) in [7, 11) is 0. The molecular weight excluding hydrogens is 396 g/mol. The standard InChI is InChI=1S/C25H19BrO/c26-23-12-16-25(17-13-23)27-24-14-10-22(11-15-24)21-8-6-20(7-9-21)18-19-4-2-1-3-5-19/h1-17H,18H2. The zero-order valence-corrected chi connectivity index (χ0v) is 16.4. The normalized spacial score (nSPS) is 10.6. The van der Waals surface area contributed by atoms with Crippen LogP contribution in [-0.2, 0) is 6.42 Å². The molecule has 0 saturated heterocycles. The van der Waals surface area contributed by atoms with Gasteiger partial charge in [-0.1, -0.05) is 82.7 Å². The smallest absolute Gasteiger partial charge is 0.127 e. The Hall–Kier alpha value is -2.84. The molecule has 0 aliphatic carbocycles. The van der Waals surface area contributed by atoms with Crippen molar-refractivity contribution in [3.05, 3.63) is 119 Å². The van der Waals surface area contributed by atoms with Gasteiger partial charge < -0.3 is 4.74 Å². The Balaban J connectivity index is 1.44. The number of rotatable bonds is 5. The fourth-order valence-corrected chi connectivity index (χ4v) is 3.27. The topological polar surface area (TPSA) is 9.23 Å². The van der Waals surface area contributed by atoms with Crippen LogP contribution in [0.25, 0.3) is 11.1 Å². The predicted octanol–water partition coefficient (Wildman–Crippen LogP) is 7.50. The summed E-state index contributed by atoms with van der Waals surface area (Å²) in [5, 5.41) is 0. The van der Waals surface area contributed by atoms with Gasteiger partial charge in [-0.15, -0.1) is 0 Å². The van der Waals surface area contributed by atoms with Crippen LogP contribution in [0.2, 0.25) is 0 Å². The Morgan fingerprint density at radius 2 is 1.00 bits per heavy atom.